The number of carbonyl (C=O) groups excluding carboxylic acids is 2. The average molecular weight is 494 g/mol. The number of rotatable bonds is 14. The molecule has 0 aliphatic carbocycles. The fourth-order valence-corrected chi connectivity index (χ4v) is 3.79. The van der Waals surface area contributed by atoms with E-state index in [0.29, 0.717) is 30.0 Å². The van der Waals surface area contributed by atoms with E-state index in [0.717, 1.165) is 18.9 Å². The molecule has 3 rings (SSSR count). The molecule has 36 heavy (non-hydrogen) atoms. The fraction of sp³-hybridized carbons (Fsp3) is 0.414. The summed E-state index contributed by atoms with van der Waals surface area (Å²) in [7, 11) is 0. The zero-order chi connectivity index (χ0) is 25.8. The Morgan fingerprint density at radius 1 is 0.861 bits per heavy atom. The van der Waals surface area contributed by atoms with Gasteiger partial charge in [0.05, 0.1) is 24.3 Å². The number of hydrogen-bond acceptors (Lipinski definition) is 6. The highest BCUT2D eigenvalue weighted by Gasteiger charge is 2.17. The number of unbranched alkanes of at least 4 members (excludes halogenated alkanes) is 6. The molecule has 0 bridgehead atoms. The van der Waals surface area contributed by atoms with E-state index in [9.17, 15) is 14.4 Å². The number of benzene rings is 2. The Kier molecular flexibility index (Phi) is 10.5. The molecular weight excluding hydrogens is 458 g/mol. The van der Waals surface area contributed by atoms with Crippen LogP contribution in [0.25, 0.3) is 11.0 Å². The summed E-state index contributed by atoms with van der Waals surface area (Å²) in [6, 6.07) is 12.8. The predicted molar refractivity (Wildman–Crippen MR) is 141 cm³/mol. The van der Waals surface area contributed by atoms with Crippen molar-refractivity contribution in [3.05, 3.63) is 70.1 Å². The van der Waals surface area contributed by atoms with E-state index in [1.54, 1.807) is 42.5 Å². The summed E-state index contributed by atoms with van der Waals surface area (Å²) < 4.78 is 16.5. The minimum absolute atomic E-state index is 0.122. The number of fused-ring (bicyclic) bond motifs is 1. The maximum Gasteiger partial charge on any atom is 0.374 e. The van der Waals surface area contributed by atoms with Gasteiger partial charge >= 0.3 is 5.97 Å². The lowest BCUT2D eigenvalue weighted by molar-refractivity contribution is 0.0469. The van der Waals surface area contributed by atoms with Crippen LogP contribution in [0.5, 0.6) is 5.75 Å². The van der Waals surface area contributed by atoms with E-state index >= 15 is 0 Å². The third-order valence-corrected chi connectivity index (χ3v) is 5.77. The molecule has 3 aromatic rings. The van der Waals surface area contributed by atoms with Crippen LogP contribution in [0.2, 0.25) is 0 Å². The number of ether oxygens (including phenoxy) is 2. The van der Waals surface area contributed by atoms with Crippen molar-refractivity contribution in [1.82, 2.24) is 0 Å². The quantitative estimate of drug-likeness (QED) is 0.197. The maximum absolute atomic E-state index is 12.9. The number of anilines is 1. The highest BCUT2D eigenvalue weighted by atomic mass is 16.5. The van der Waals surface area contributed by atoms with Gasteiger partial charge in [-0.05, 0) is 49.2 Å². The van der Waals surface area contributed by atoms with Gasteiger partial charge in [-0.1, -0.05) is 58.4 Å². The Labute approximate surface area is 211 Å². The normalized spacial score (nSPS) is 10.8. The van der Waals surface area contributed by atoms with Gasteiger partial charge in [0.1, 0.15) is 5.75 Å². The highest BCUT2D eigenvalue weighted by molar-refractivity contribution is 6.08. The zero-order valence-corrected chi connectivity index (χ0v) is 21.1. The molecule has 0 fully saturated rings. The van der Waals surface area contributed by atoms with E-state index < -0.39 is 11.4 Å². The predicted octanol–water partition coefficient (Wildman–Crippen LogP) is 6.74. The third kappa shape index (κ3) is 7.70. The first-order valence-corrected chi connectivity index (χ1v) is 12.8. The van der Waals surface area contributed by atoms with Crippen LogP contribution in [-0.2, 0) is 4.74 Å². The van der Waals surface area contributed by atoms with Gasteiger partial charge in [0.25, 0.3) is 5.91 Å². The molecule has 1 heterocycles. The van der Waals surface area contributed by atoms with Gasteiger partial charge in [-0.25, -0.2) is 4.79 Å². The molecule has 0 radical (unpaired) electrons. The van der Waals surface area contributed by atoms with Gasteiger partial charge in [-0.3, -0.25) is 9.59 Å². The van der Waals surface area contributed by atoms with E-state index in [2.05, 4.69) is 12.2 Å². The van der Waals surface area contributed by atoms with Crippen molar-refractivity contribution < 1.29 is 23.5 Å². The van der Waals surface area contributed by atoms with Crippen LogP contribution < -0.4 is 15.5 Å². The van der Waals surface area contributed by atoms with Crippen molar-refractivity contribution >= 4 is 28.5 Å². The summed E-state index contributed by atoms with van der Waals surface area (Å²) >= 11 is 0. The van der Waals surface area contributed by atoms with E-state index in [4.69, 9.17) is 13.9 Å². The lowest BCUT2D eigenvalue weighted by atomic mass is 10.1. The van der Waals surface area contributed by atoms with Crippen LogP contribution in [0, 0.1) is 0 Å². The second-order valence-electron chi connectivity index (χ2n) is 8.74. The number of para-hydroxylation sites is 1. The first kappa shape index (κ1) is 27.0. The van der Waals surface area contributed by atoms with Crippen molar-refractivity contribution in [1.29, 1.82) is 0 Å². The molecule has 1 N–H and O–H groups in total. The summed E-state index contributed by atoms with van der Waals surface area (Å²) in [5, 5.41) is 3.03. The molecular formula is C29H35NO6. The molecule has 2 aromatic carbocycles. The zero-order valence-electron chi connectivity index (χ0n) is 21.1. The second kappa shape index (κ2) is 14.1. The van der Waals surface area contributed by atoms with Crippen LogP contribution in [0.15, 0.2) is 57.7 Å². The Morgan fingerprint density at radius 3 is 2.31 bits per heavy atom. The van der Waals surface area contributed by atoms with E-state index in [-0.39, 0.29) is 29.2 Å². The van der Waals surface area contributed by atoms with Gasteiger partial charge in [0.15, 0.2) is 11.0 Å². The molecule has 7 nitrogen and oxygen atoms in total. The molecule has 1 amide bonds. The molecule has 0 saturated heterocycles. The standard InChI is InChI=1S/C29H35NO6/c1-3-5-6-7-8-9-10-19-34-22-16-14-21(15-17-22)28(32)30-24-13-11-12-23-25(31)20-26(36-27(23)24)29(33)35-18-4-2/h11-17,20H,3-10,18-19H2,1-2H3,(H,30,32). The maximum atomic E-state index is 12.9. The van der Waals surface area contributed by atoms with Crippen molar-refractivity contribution in [2.24, 2.45) is 0 Å². The monoisotopic (exact) mass is 493 g/mol. The summed E-state index contributed by atoms with van der Waals surface area (Å²) in [4.78, 5) is 37.6. The molecule has 0 aliphatic rings. The van der Waals surface area contributed by atoms with Crippen molar-refractivity contribution in [2.75, 3.05) is 18.5 Å². The summed E-state index contributed by atoms with van der Waals surface area (Å²) in [5.74, 6) is -0.583. The van der Waals surface area contributed by atoms with Gasteiger partial charge in [-0.2, -0.15) is 0 Å². The molecule has 0 unspecified atom stereocenters. The summed E-state index contributed by atoms with van der Waals surface area (Å²) in [5.41, 5.74) is 0.449. The molecule has 1 aromatic heterocycles. The summed E-state index contributed by atoms with van der Waals surface area (Å²) in [6.45, 7) is 4.96. The van der Waals surface area contributed by atoms with Crippen LogP contribution >= 0.6 is 0 Å². The Morgan fingerprint density at radius 2 is 1.58 bits per heavy atom. The topological polar surface area (TPSA) is 94.8 Å². The molecule has 0 atom stereocenters. The van der Waals surface area contributed by atoms with Crippen LogP contribution in [0.1, 0.15) is 86.1 Å². The molecule has 192 valence electrons. The highest BCUT2D eigenvalue weighted by Crippen LogP contribution is 2.24. The molecule has 0 spiro atoms. The Hall–Kier alpha value is -3.61. The van der Waals surface area contributed by atoms with Crippen molar-refractivity contribution in [3.8, 4) is 5.75 Å². The average Bonchev–Trinajstić information content (AvgIpc) is 2.89. The molecule has 0 aliphatic heterocycles. The lowest BCUT2D eigenvalue weighted by Crippen LogP contribution is -2.14. The summed E-state index contributed by atoms with van der Waals surface area (Å²) in [6.07, 6.45) is 9.19. The minimum Gasteiger partial charge on any atom is -0.494 e. The lowest BCUT2D eigenvalue weighted by Gasteiger charge is -2.10. The van der Waals surface area contributed by atoms with Gasteiger partial charge in [0, 0.05) is 11.6 Å². The van der Waals surface area contributed by atoms with Crippen LogP contribution in [0.4, 0.5) is 5.69 Å². The second-order valence-corrected chi connectivity index (χ2v) is 8.74. The Bertz CT molecular complexity index is 1200. The van der Waals surface area contributed by atoms with E-state index in [1.807, 2.05) is 6.92 Å². The third-order valence-electron chi connectivity index (χ3n) is 5.77. The van der Waals surface area contributed by atoms with Gasteiger partial charge in [-0.15, -0.1) is 0 Å². The molecule has 0 saturated carbocycles. The van der Waals surface area contributed by atoms with Crippen molar-refractivity contribution in [3.63, 3.8) is 0 Å². The van der Waals surface area contributed by atoms with Gasteiger partial charge in [0.2, 0.25) is 5.76 Å². The number of nitrogens with one attached hydrogen (secondary N) is 1. The first-order valence-electron chi connectivity index (χ1n) is 12.8. The fourth-order valence-electron chi connectivity index (χ4n) is 3.79. The number of carbonyl (C=O) groups is 2. The largest absolute Gasteiger partial charge is 0.494 e. The van der Waals surface area contributed by atoms with Crippen LogP contribution in [0.3, 0.4) is 0 Å². The molecule has 7 heteroatoms. The van der Waals surface area contributed by atoms with Crippen molar-refractivity contribution in [2.45, 2.75) is 65.2 Å². The number of esters is 1. The number of hydrogen-bond donors (Lipinski definition) is 1. The van der Waals surface area contributed by atoms with Crippen LogP contribution in [-0.4, -0.2) is 25.1 Å². The smallest absolute Gasteiger partial charge is 0.374 e. The minimum atomic E-state index is -0.718. The van der Waals surface area contributed by atoms with Gasteiger partial charge < -0.3 is 19.2 Å². The Balaban J connectivity index is 1.61. The first-order chi connectivity index (χ1) is 17.5. The van der Waals surface area contributed by atoms with E-state index in [1.165, 1.54) is 32.1 Å². The number of amides is 1. The SMILES string of the molecule is CCCCCCCCCOc1ccc(C(=O)Nc2cccc3c(=O)cc(C(=O)OCCC)oc23)cc1.